The molecule has 5 heteroatoms. The van der Waals surface area contributed by atoms with Gasteiger partial charge in [-0.3, -0.25) is 0 Å². The smallest absolute Gasteiger partial charge is 0.336 e. The average Bonchev–Trinajstić information content (AvgIpc) is 3.52. The van der Waals surface area contributed by atoms with E-state index in [0.717, 1.165) is 58.4 Å². The van der Waals surface area contributed by atoms with E-state index >= 15 is 0 Å². The van der Waals surface area contributed by atoms with Crippen molar-refractivity contribution in [2.24, 2.45) is 0 Å². The second-order valence-electron chi connectivity index (χ2n) is 25.0. The van der Waals surface area contributed by atoms with Gasteiger partial charge in [0.25, 0.3) is 0 Å². The van der Waals surface area contributed by atoms with Crippen LogP contribution in [0.1, 0.15) is 339 Å². The number of anilines is 1. The van der Waals surface area contributed by atoms with Gasteiger partial charge in [-0.15, -0.1) is 0 Å². The van der Waals surface area contributed by atoms with Crippen molar-refractivity contribution in [2.45, 2.75) is 329 Å². The molecule has 0 aromatic heterocycles. The summed E-state index contributed by atoms with van der Waals surface area (Å²) in [5.41, 5.74) is 5.01. The Labute approximate surface area is 493 Å². The molecule has 0 bridgehead atoms. The molecule has 2 aromatic carbocycles. The monoisotopic (exact) mass is 1100 g/mol. The van der Waals surface area contributed by atoms with Crippen molar-refractivity contribution in [1.29, 1.82) is 0 Å². The Morgan fingerprint density at radius 2 is 0.775 bits per heavy atom. The number of hydrogen-bond acceptors (Lipinski definition) is 3. The van der Waals surface area contributed by atoms with Gasteiger partial charge in [0.1, 0.15) is 24.9 Å². The molecule has 0 unspecified atom stereocenters. The Bertz CT molecular complexity index is 2120. The van der Waals surface area contributed by atoms with Crippen molar-refractivity contribution in [1.82, 2.24) is 4.58 Å². The Kier molecular flexibility index (Phi) is 40.3. The van der Waals surface area contributed by atoms with Crippen LogP contribution < -0.4 is 14.8 Å². The first-order chi connectivity index (χ1) is 39.5. The molecular formula is C75H125N2O3+. The van der Waals surface area contributed by atoms with Gasteiger partial charge in [0.15, 0.2) is 0 Å². The number of fused-ring (bicyclic) bond motifs is 2. The van der Waals surface area contributed by atoms with E-state index in [1.807, 2.05) is 18.2 Å². The van der Waals surface area contributed by atoms with Crippen LogP contribution in [0.4, 0.5) is 5.69 Å². The van der Waals surface area contributed by atoms with Crippen molar-refractivity contribution < 1.29 is 14.3 Å². The number of benzene rings is 3. The molecule has 0 saturated heterocycles. The molecular weight excluding hydrogens is 977 g/mol. The molecule has 452 valence electrons. The highest BCUT2D eigenvalue weighted by atomic mass is 16.4. The van der Waals surface area contributed by atoms with E-state index in [9.17, 15) is 9.90 Å². The molecule has 1 N–H and O–H groups in total. The zero-order valence-corrected chi connectivity index (χ0v) is 53.0. The Morgan fingerprint density at radius 1 is 0.412 bits per heavy atom. The van der Waals surface area contributed by atoms with Crippen molar-refractivity contribution in [2.75, 3.05) is 31.6 Å². The molecule has 1 aliphatic carbocycles. The van der Waals surface area contributed by atoms with Crippen LogP contribution >= 0.6 is 0 Å². The van der Waals surface area contributed by atoms with Crippen LogP contribution in [0, 0.1) is 0 Å². The third-order valence-electron chi connectivity index (χ3n) is 17.8. The van der Waals surface area contributed by atoms with Gasteiger partial charge in [0, 0.05) is 53.8 Å². The van der Waals surface area contributed by atoms with Gasteiger partial charge in [-0.2, -0.15) is 0 Å². The molecule has 1 aliphatic heterocycles. The predicted octanol–water partition coefficient (Wildman–Crippen LogP) is 23.9. The topological polar surface area (TPSA) is 56.7 Å². The van der Waals surface area contributed by atoms with Crippen molar-refractivity contribution in [3.8, 4) is 22.5 Å². The fraction of sp³-hybridized carbons (Fsp3) is 0.733. The maximum absolute atomic E-state index is 12.8. The maximum Gasteiger partial charge on any atom is 0.336 e. The quantitative estimate of drug-likeness (QED) is 0.0272. The fourth-order valence-electron chi connectivity index (χ4n) is 12.6. The van der Waals surface area contributed by atoms with Gasteiger partial charge in [-0.05, 0) is 49.1 Å². The SMILES string of the molecule is CCCCCCCCCCCCCCCCCCN(CCCCCCCCCCCCCCCCCC)c1ccc2c(-c3ccccc3C(=O)O)c3cc/c(=[N+](\C)CCCCCCCCCCCCCCCCCC)cc-3oc2c1. The normalized spacial score (nSPS) is 12.1. The number of rotatable bonds is 54. The minimum Gasteiger partial charge on any atom is -0.478 e. The fourth-order valence-corrected chi connectivity index (χ4v) is 12.6. The molecule has 0 atom stereocenters. The lowest BCUT2D eigenvalue weighted by Gasteiger charge is -2.26. The summed E-state index contributed by atoms with van der Waals surface area (Å²) in [5, 5.41) is 12.6. The van der Waals surface area contributed by atoms with E-state index in [-0.39, 0.29) is 0 Å². The standard InChI is InChI=1S/C75H124N2O3/c1-5-8-11-14-17-20-23-26-29-32-35-38-41-44-47-52-61-76(4)66-57-59-70-72(64-66)80-73-65-67(58-60-71(73)74(70)68-55-50-51-56-69(68)75(78)79)77(62-53-48-45-42-39-36-33-30-27-24-21-18-15-12-9-6-2)63-54-49-46-43-40-37-34-31-28-25-22-19-16-13-10-7-3/h50-51,55-60,64-65H,5-49,52-54,61-63H2,1-4H3/p+1. The Balaban J connectivity index is 1.37. The summed E-state index contributed by atoms with van der Waals surface area (Å²) >= 11 is 0. The molecule has 2 aromatic rings. The highest BCUT2D eigenvalue weighted by Crippen LogP contribution is 2.42. The van der Waals surface area contributed by atoms with E-state index in [1.54, 1.807) is 6.07 Å². The second-order valence-corrected chi connectivity index (χ2v) is 25.0. The number of aromatic carboxylic acids is 1. The first-order valence-electron chi connectivity index (χ1n) is 35.1. The van der Waals surface area contributed by atoms with Crippen molar-refractivity contribution in [3.05, 3.63) is 71.6 Å². The van der Waals surface area contributed by atoms with Crippen LogP contribution in [0.15, 0.2) is 65.1 Å². The third-order valence-corrected chi connectivity index (χ3v) is 17.8. The van der Waals surface area contributed by atoms with Crippen LogP contribution in [-0.2, 0) is 0 Å². The summed E-state index contributed by atoms with van der Waals surface area (Å²) in [7, 11) is 2.21. The van der Waals surface area contributed by atoms with Gasteiger partial charge >= 0.3 is 5.97 Å². The second kappa shape index (κ2) is 46.8. The van der Waals surface area contributed by atoms with Gasteiger partial charge < -0.3 is 14.4 Å². The van der Waals surface area contributed by atoms with Crippen molar-refractivity contribution in [3.63, 3.8) is 0 Å². The molecule has 0 amide bonds. The van der Waals surface area contributed by atoms with E-state index in [0.29, 0.717) is 5.56 Å². The molecule has 80 heavy (non-hydrogen) atoms. The molecule has 4 rings (SSSR count). The van der Waals surface area contributed by atoms with Crippen LogP contribution in [-0.4, -0.2) is 37.8 Å². The molecule has 0 fully saturated rings. The molecule has 1 heterocycles. The number of carbonyl (C=O) groups is 1. The van der Waals surface area contributed by atoms with Crippen LogP contribution in [0.2, 0.25) is 0 Å². The Hall–Kier alpha value is -3.60. The van der Waals surface area contributed by atoms with Crippen LogP contribution in [0.3, 0.4) is 0 Å². The van der Waals surface area contributed by atoms with Gasteiger partial charge in [-0.1, -0.05) is 321 Å². The molecule has 0 spiro atoms. The summed E-state index contributed by atoms with van der Waals surface area (Å²) in [6, 6.07) is 20.9. The minimum absolute atomic E-state index is 0.323. The lowest BCUT2D eigenvalue weighted by atomic mass is 9.90. The lowest BCUT2D eigenvalue weighted by Crippen LogP contribution is -2.27. The van der Waals surface area contributed by atoms with E-state index in [4.69, 9.17) is 4.42 Å². The van der Waals surface area contributed by atoms with Gasteiger partial charge in [0.2, 0.25) is 5.36 Å². The molecule has 5 nitrogen and oxygen atoms in total. The van der Waals surface area contributed by atoms with E-state index in [1.165, 1.54) is 314 Å². The first-order valence-corrected chi connectivity index (χ1v) is 35.1. The van der Waals surface area contributed by atoms with Crippen LogP contribution in [0.25, 0.3) is 33.4 Å². The average molecular weight is 1100 g/mol. The predicted molar refractivity (Wildman–Crippen MR) is 352 cm³/mol. The molecule has 0 radical (unpaired) electrons. The number of unbranched alkanes of at least 4 members (excludes halogenated alkanes) is 45. The number of carboxylic acids is 1. The molecule has 0 saturated carbocycles. The highest BCUT2D eigenvalue weighted by Gasteiger charge is 2.23. The first kappa shape index (κ1) is 68.9. The maximum atomic E-state index is 12.8. The molecule has 2 aliphatic rings. The summed E-state index contributed by atoms with van der Waals surface area (Å²) in [5.74, 6) is -0.0958. The zero-order chi connectivity index (χ0) is 56.8. The number of hydrogen-bond donors (Lipinski definition) is 1. The van der Waals surface area contributed by atoms with Crippen LogP contribution in [0.5, 0.6) is 0 Å². The number of carboxylic acid groups (broad SMARTS) is 1. The Morgan fingerprint density at radius 3 is 1.16 bits per heavy atom. The summed E-state index contributed by atoms with van der Waals surface area (Å²) in [4.78, 5) is 15.4. The largest absolute Gasteiger partial charge is 0.478 e. The third kappa shape index (κ3) is 30.1. The zero-order valence-electron chi connectivity index (χ0n) is 53.0. The van der Waals surface area contributed by atoms with E-state index in [2.05, 4.69) is 73.7 Å². The highest BCUT2D eigenvalue weighted by molar-refractivity contribution is 6.07. The lowest BCUT2D eigenvalue weighted by molar-refractivity contribution is 0.0697. The van der Waals surface area contributed by atoms with Gasteiger partial charge in [-0.25, -0.2) is 9.37 Å². The minimum atomic E-state index is -0.904. The summed E-state index contributed by atoms with van der Waals surface area (Å²) < 4.78 is 9.37. The number of nitrogens with zero attached hydrogens (tertiary/aromatic N) is 2. The van der Waals surface area contributed by atoms with Gasteiger partial charge in [0.05, 0.1) is 11.6 Å². The summed E-state index contributed by atoms with van der Waals surface area (Å²) in [6.45, 7) is 10.0. The van der Waals surface area contributed by atoms with E-state index < -0.39 is 5.97 Å². The summed E-state index contributed by atoms with van der Waals surface area (Å²) in [6.07, 6.45) is 66.3. The van der Waals surface area contributed by atoms with Crippen molar-refractivity contribution >= 4 is 22.6 Å².